The molecule has 0 heterocycles. The van der Waals surface area contributed by atoms with Gasteiger partial charge in [0.25, 0.3) is 11.6 Å². The Bertz CT molecular complexity index is 795. The largest absolute Gasteiger partial charge is 0.391 e. The van der Waals surface area contributed by atoms with Crippen LogP contribution in [0.15, 0.2) is 48.5 Å². The average molecular weight is 355 g/mol. The molecule has 3 rings (SSSR count). The van der Waals surface area contributed by atoms with Gasteiger partial charge in [-0.25, -0.2) is 0 Å². The third-order valence-corrected chi connectivity index (χ3v) is 4.57. The summed E-state index contributed by atoms with van der Waals surface area (Å²) in [5.41, 5.74) is 1.49. The number of amides is 1. The molecule has 0 aliphatic heterocycles. The van der Waals surface area contributed by atoms with Gasteiger partial charge in [0.15, 0.2) is 0 Å². The van der Waals surface area contributed by atoms with Crippen LogP contribution in [-0.4, -0.2) is 28.1 Å². The molecule has 1 saturated carbocycles. The molecule has 1 fully saturated rings. The summed E-state index contributed by atoms with van der Waals surface area (Å²) in [5, 5.41) is 27.0. The molecule has 0 bridgehead atoms. The van der Waals surface area contributed by atoms with E-state index in [4.69, 9.17) is 0 Å². The van der Waals surface area contributed by atoms with Crippen LogP contribution in [0.5, 0.6) is 0 Å². The Hall–Kier alpha value is -2.93. The van der Waals surface area contributed by atoms with Crippen molar-refractivity contribution in [2.24, 2.45) is 0 Å². The van der Waals surface area contributed by atoms with E-state index in [1.54, 1.807) is 0 Å². The summed E-state index contributed by atoms with van der Waals surface area (Å²) in [6.45, 7) is 0.327. The first-order chi connectivity index (χ1) is 12.5. The van der Waals surface area contributed by atoms with Gasteiger partial charge in [0.2, 0.25) is 0 Å². The van der Waals surface area contributed by atoms with Crippen molar-refractivity contribution in [1.29, 1.82) is 0 Å². The monoisotopic (exact) mass is 355 g/mol. The van der Waals surface area contributed by atoms with E-state index in [2.05, 4.69) is 10.6 Å². The number of non-ortho nitro benzene ring substituents is 1. The highest BCUT2D eigenvalue weighted by Gasteiger charge is 2.27. The smallest absolute Gasteiger partial charge is 0.270 e. The van der Waals surface area contributed by atoms with Crippen LogP contribution in [-0.2, 0) is 6.54 Å². The number of hydrogen-bond donors (Lipinski definition) is 3. The van der Waals surface area contributed by atoms with E-state index in [1.807, 2.05) is 30.3 Å². The highest BCUT2D eigenvalue weighted by atomic mass is 16.6. The number of nitrogens with zero attached hydrogens (tertiary/aromatic N) is 1. The molecular weight excluding hydrogens is 334 g/mol. The van der Waals surface area contributed by atoms with Crippen LogP contribution in [0.3, 0.4) is 0 Å². The Morgan fingerprint density at radius 3 is 2.62 bits per heavy atom. The van der Waals surface area contributed by atoms with Crippen molar-refractivity contribution in [3.05, 3.63) is 69.8 Å². The van der Waals surface area contributed by atoms with Crippen LogP contribution in [0.25, 0.3) is 0 Å². The summed E-state index contributed by atoms with van der Waals surface area (Å²) < 4.78 is 0. The summed E-state index contributed by atoms with van der Waals surface area (Å²) in [7, 11) is 0. The topological polar surface area (TPSA) is 104 Å². The standard InChI is InChI=1S/C19H21N3O4/c23-18-8-4-7-17(18)21-16-10-9-14(22(25)26)11-15(16)19(24)20-12-13-5-2-1-3-6-13/h1-3,5-6,9-11,17-18,21,23H,4,7-8,12H2,(H,20,24). The number of aliphatic hydroxyl groups is 1. The predicted octanol–water partition coefficient (Wildman–Crippen LogP) is 2.85. The molecule has 136 valence electrons. The van der Waals surface area contributed by atoms with Crippen LogP contribution in [0.4, 0.5) is 11.4 Å². The van der Waals surface area contributed by atoms with E-state index in [9.17, 15) is 20.0 Å². The molecule has 2 aromatic carbocycles. The molecule has 1 amide bonds. The zero-order valence-corrected chi connectivity index (χ0v) is 14.2. The Labute approximate surface area is 151 Å². The second kappa shape index (κ2) is 7.97. The Balaban J connectivity index is 1.80. The van der Waals surface area contributed by atoms with E-state index in [0.717, 1.165) is 18.4 Å². The molecule has 0 spiro atoms. The second-order valence-electron chi connectivity index (χ2n) is 6.40. The van der Waals surface area contributed by atoms with Gasteiger partial charge >= 0.3 is 0 Å². The lowest BCUT2D eigenvalue weighted by atomic mass is 10.1. The first-order valence-corrected chi connectivity index (χ1v) is 8.60. The summed E-state index contributed by atoms with van der Waals surface area (Å²) in [6, 6.07) is 13.4. The zero-order chi connectivity index (χ0) is 18.5. The molecule has 0 aromatic heterocycles. The maximum absolute atomic E-state index is 12.6. The lowest BCUT2D eigenvalue weighted by Gasteiger charge is -2.20. The number of nitro benzene ring substituents is 1. The van der Waals surface area contributed by atoms with Gasteiger partial charge in [-0.3, -0.25) is 14.9 Å². The fourth-order valence-corrected chi connectivity index (χ4v) is 3.14. The zero-order valence-electron chi connectivity index (χ0n) is 14.2. The summed E-state index contributed by atoms with van der Waals surface area (Å²) >= 11 is 0. The second-order valence-corrected chi connectivity index (χ2v) is 6.40. The predicted molar refractivity (Wildman–Crippen MR) is 98.0 cm³/mol. The van der Waals surface area contributed by atoms with Gasteiger partial charge in [0.1, 0.15) is 0 Å². The number of aliphatic hydroxyl groups excluding tert-OH is 1. The third kappa shape index (κ3) is 4.18. The first kappa shape index (κ1) is 17.9. The SMILES string of the molecule is O=C(NCc1ccccc1)c1cc([N+](=O)[O-])ccc1NC1CCCC1O. The number of rotatable bonds is 6. The summed E-state index contributed by atoms with van der Waals surface area (Å²) in [5.74, 6) is -0.396. The molecule has 7 nitrogen and oxygen atoms in total. The van der Waals surface area contributed by atoms with Crippen LogP contribution in [0, 0.1) is 10.1 Å². The van der Waals surface area contributed by atoms with Crippen molar-refractivity contribution in [3.8, 4) is 0 Å². The van der Waals surface area contributed by atoms with Crippen molar-refractivity contribution >= 4 is 17.3 Å². The maximum Gasteiger partial charge on any atom is 0.270 e. The molecular formula is C19H21N3O4. The molecule has 1 aliphatic rings. The first-order valence-electron chi connectivity index (χ1n) is 8.60. The minimum absolute atomic E-state index is 0.146. The molecule has 0 radical (unpaired) electrons. The molecule has 3 N–H and O–H groups in total. The fraction of sp³-hybridized carbons (Fsp3) is 0.316. The highest BCUT2D eigenvalue weighted by molar-refractivity contribution is 6.00. The molecule has 0 saturated heterocycles. The van der Waals surface area contributed by atoms with E-state index in [1.165, 1.54) is 18.2 Å². The molecule has 1 aliphatic carbocycles. The number of carbonyl (C=O) groups excluding carboxylic acids is 1. The normalized spacial score (nSPS) is 19.1. The van der Waals surface area contributed by atoms with Gasteiger partial charge in [0, 0.05) is 24.4 Å². The van der Waals surface area contributed by atoms with Gasteiger partial charge < -0.3 is 15.7 Å². The summed E-state index contributed by atoms with van der Waals surface area (Å²) in [6.07, 6.45) is 1.93. The lowest BCUT2D eigenvalue weighted by Crippen LogP contribution is -2.30. The Morgan fingerprint density at radius 1 is 1.19 bits per heavy atom. The van der Waals surface area contributed by atoms with Gasteiger partial charge in [-0.05, 0) is 30.9 Å². The maximum atomic E-state index is 12.6. The minimum Gasteiger partial charge on any atom is -0.391 e. The van der Waals surface area contributed by atoms with Crippen LogP contribution in [0.2, 0.25) is 0 Å². The molecule has 26 heavy (non-hydrogen) atoms. The quantitative estimate of drug-likeness (QED) is 0.546. The van der Waals surface area contributed by atoms with E-state index in [-0.39, 0.29) is 17.3 Å². The number of anilines is 1. The number of hydrogen-bond acceptors (Lipinski definition) is 5. The van der Waals surface area contributed by atoms with Crippen LogP contribution >= 0.6 is 0 Å². The average Bonchev–Trinajstić information content (AvgIpc) is 3.05. The summed E-state index contributed by atoms with van der Waals surface area (Å²) in [4.78, 5) is 23.2. The number of nitrogens with one attached hydrogen (secondary N) is 2. The number of benzene rings is 2. The van der Waals surface area contributed by atoms with Gasteiger partial charge in [-0.2, -0.15) is 0 Å². The highest BCUT2D eigenvalue weighted by Crippen LogP contribution is 2.27. The Kier molecular flexibility index (Phi) is 5.48. The molecule has 2 aromatic rings. The van der Waals surface area contributed by atoms with Gasteiger partial charge in [-0.1, -0.05) is 30.3 Å². The lowest BCUT2D eigenvalue weighted by molar-refractivity contribution is -0.384. The van der Waals surface area contributed by atoms with Crippen molar-refractivity contribution in [2.45, 2.75) is 38.0 Å². The van der Waals surface area contributed by atoms with Gasteiger partial charge in [-0.15, -0.1) is 0 Å². The van der Waals surface area contributed by atoms with Crippen molar-refractivity contribution in [3.63, 3.8) is 0 Å². The fourth-order valence-electron chi connectivity index (χ4n) is 3.14. The van der Waals surface area contributed by atoms with Gasteiger partial charge in [0.05, 0.1) is 22.6 Å². The van der Waals surface area contributed by atoms with Crippen LogP contribution in [0.1, 0.15) is 35.2 Å². The van der Waals surface area contributed by atoms with Crippen molar-refractivity contribution < 1.29 is 14.8 Å². The van der Waals surface area contributed by atoms with Crippen LogP contribution < -0.4 is 10.6 Å². The third-order valence-electron chi connectivity index (χ3n) is 4.57. The number of carbonyl (C=O) groups is 1. The molecule has 2 atom stereocenters. The van der Waals surface area contributed by atoms with Crippen molar-refractivity contribution in [1.82, 2.24) is 5.32 Å². The minimum atomic E-state index is -0.526. The Morgan fingerprint density at radius 2 is 1.96 bits per heavy atom. The van der Waals surface area contributed by atoms with Crippen molar-refractivity contribution in [2.75, 3.05) is 5.32 Å². The van der Waals surface area contributed by atoms with E-state index < -0.39 is 16.9 Å². The van der Waals surface area contributed by atoms with E-state index in [0.29, 0.717) is 18.7 Å². The molecule has 2 unspecified atom stereocenters. The number of nitro groups is 1. The van der Waals surface area contributed by atoms with E-state index >= 15 is 0 Å². The molecule has 7 heteroatoms.